The predicted octanol–water partition coefficient (Wildman–Crippen LogP) is 5.46. The summed E-state index contributed by atoms with van der Waals surface area (Å²) >= 11 is 0. The van der Waals surface area contributed by atoms with Crippen molar-refractivity contribution in [3.8, 4) is 5.75 Å². The zero-order valence-electron chi connectivity index (χ0n) is 18.7. The molecule has 1 aromatic carbocycles. The summed E-state index contributed by atoms with van der Waals surface area (Å²) in [5.41, 5.74) is 2.28. The number of phenols is 1. The van der Waals surface area contributed by atoms with Crippen molar-refractivity contribution in [3.05, 3.63) is 41.5 Å². The van der Waals surface area contributed by atoms with Gasteiger partial charge in [-0.25, -0.2) is 0 Å². The quantitative estimate of drug-likeness (QED) is 0.625. The number of rotatable bonds is 6. The number of carbonyl (C=O) groups excluding carboxylic acids is 1. The van der Waals surface area contributed by atoms with Gasteiger partial charge in [0.1, 0.15) is 11.5 Å². The van der Waals surface area contributed by atoms with Crippen LogP contribution in [-0.4, -0.2) is 22.1 Å². The molecule has 0 spiro atoms. The topological polar surface area (TPSA) is 57.5 Å². The molecule has 0 heterocycles. The highest BCUT2D eigenvalue weighted by molar-refractivity contribution is 5.82. The number of allylic oxidation sites excluding steroid dienone is 2. The van der Waals surface area contributed by atoms with Crippen molar-refractivity contribution in [2.24, 2.45) is 35.0 Å². The Bertz CT molecular complexity index is 765. The van der Waals surface area contributed by atoms with Crippen LogP contribution in [-0.2, 0) is 11.2 Å². The molecule has 0 radical (unpaired) electrons. The predicted molar refractivity (Wildman–Crippen MR) is 118 cm³/mol. The number of Topliss-reactive ketones (excluding diaryl/α,β-unsaturated/α-hetero) is 1. The first-order chi connectivity index (χ1) is 13.6. The molecule has 2 aliphatic carbocycles. The maximum atomic E-state index is 12.9. The fraction of sp³-hybridized carbons (Fsp3) is 0.654. The van der Waals surface area contributed by atoms with Gasteiger partial charge in [-0.1, -0.05) is 45.9 Å². The molecule has 0 aliphatic heterocycles. The summed E-state index contributed by atoms with van der Waals surface area (Å²) in [4.78, 5) is 12.9. The standard InChI is InChI=1S/C26H38O3/c1-16(2)6-7-18(4)25-24(29)15-22-21(23(28)12-13-26(22,25)5)11-9-19-14-20(27)10-8-17(19)3/h6-8,10,14,16,18,21-22,24-25,27,29H,9,11-13,15H2,1-5H3/t18-,21+,22+,24+,25+,26+/m1/s1. The summed E-state index contributed by atoms with van der Waals surface area (Å²) < 4.78 is 0. The van der Waals surface area contributed by atoms with E-state index in [4.69, 9.17) is 0 Å². The number of fused-ring (bicyclic) bond motifs is 1. The first-order valence-corrected chi connectivity index (χ1v) is 11.3. The maximum absolute atomic E-state index is 12.9. The normalized spacial score (nSPS) is 33.4. The maximum Gasteiger partial charge on any atom is 0.136 e. The lowest BCUT2D eigenvalue weighted by Gasteiger charge is -2.45. The number of aliphatic hydroxyl groups is 1. The first kappa shape index (κ1) is 22.1. The number of ketones is 1. The molecule has 1 aromatic rings. The minimum absolute atomic E-state index is 0.00655. The van der Waals surface area contributed by atoms with Crippen LogP contribution in [0.15, 0.2) is 30.4 Å². The summed E-state index contributed by atoms with van der Waals surface area (Å²) in [5.74, 6) is 1.93. The van der Waals surface area contributed by atoms with E-state index in [2.05, 4.69) is 46.8 Å². The van der Waals surface area contributed by atoms with Gasteiger partial charge < -0.3 is 10.2 Å². The number of carbonyl (C=O) groups is 1. The molecule has 160 valence electrons. The van der Waals surface area contributed by atoms with E-state index in [9.17, 15) is 15.0 Å². The van der Waals surface area contributed by atoms with Gasteiger partial charge in [-0.15, -0.1) is 0 Å². The summed E-state index contributed by atoms with van der Waals surface area (Å²) in [5, 5.41) is 20.8. The molecule has 0 saturated heterocycles. The van der Waals surface area contributed by atoms with Gasteiger partial charge in [0.25, 0.3) is 0 Å². The van der Waals surface area contributed by atoms with Crippen molar-refractivity contribution in [3.63, 3.8) is 0 Å². The van der Waals surface area contributed by atoms with E-state index in [0.717, 1.165) is 36.8 Å². The van der Waals surface area contributed by atoms with Gasteiger partial charge in [0.15, 0.2) is 0 Å². The van der Waals surface area contributed by atoms with Gasteiger partial charge in [0, 0.05) is 12.3 Å². The van der Waals surface area contributed by atoms with E-state index in [1.54, 1.807) is 6.07 Å². The summed E-state index contributed by atoms with van der Waals surface area (Å²) in [7, 11) is 0. The molecule has 0 unspecified atom stereocenters. The third kappa shape index (κ3) is 4.45. The second kappa shape index (κ2) is 8.63. The Kier molecular flexibility index (Phi) is 6.57. The highest BCUT2D eigenvalue weighted by Gasteiger charge is 2.57. The lowest BCUT2D eigenvalue weighted by Crippen LogP contribution is -2.43. The molecule has 2 fully saturated rings. The number of aryl methyl sites for hydroxylation is 2. The number of hydrogen-bond acceptors (Lipinski definition) is 3. The SMILES string of the molecule is Cc1ccc(O)cc1CC[C@@H]1C(=O)CC[C@]2(C)[C@@H]([C@H](C)C=CC(C)C)[C@@H](O)C[C@@H]12. The third-order valence-electron chi connectivity index (χ3n) is 7.75. The fourth-order valence-corrected chi connectivity index (χ4v) is 6.21. The molecule has 3 heteroatoms. The highest BCUT2D eigenvalue weighted by Crippen LogP contribution is 2.59. The van der Waals surface area contributed by atoms with Crippen molar-refractivity contribution in [2.75, 3.05) is 0 Å². The molecule has 0 bridgehead atoms. The number of benzene rings is 1. The summed E-state index contributed by atoms with van der Waals surface area (Å²) in [6.07, 6.45) is 8.02. The smallest absolute Gasteiger partial charge is 0.136 e. The van der Waals surface area contributed by atoms with Crippen molar-refractivity contribution >= 4 is 5.78 Å². The second-order valence-corrected chi connectivity index (χ2v) is 10.2. The zero-order chi connectivity index (χ0) is 21.3. The Hall–Kier alpha value is -1.61. The Morgan fingerprint density at radius 2 is 1.97 bits per heavy atom. The van der Waals surface area contributed by atoms with Gasteiger partial charge in [-0.05, 0) is 85.0 Å². The van der Waals surface area contributed by atoms with Crippen molar-refractivity contribution in [1.82, 2.24) is 0 Å². The number of phenolic OH excluding ortho intramolecular Hbond substituents is 1. The lowest BCUT2D eigenvalue weighted by molar-refractivity contribution is -0.132. The highest BCUT2D eigenvalue weighted by atomic mass is 16.3. The zero-order valence-corrected chi connectivity index (χ0v) is 18.7. The van der Waals surface area contributed by atoms with Crippen LogP contribution in [0.3, 0.4) is 0 Å². The molecular weight excluding hydrogens is 360 g/mol. The molecule has 3 rings (SSSR count). The molecule has 2 N–H and O–H groups in total. The second-order valence-electron chi connectivity index (χ2n) is 10.2. The lowest BCUT2D eigenvalue weighted by atomic mass is 9.58. The fourth-order valence-electron chi connectivity index (χ4n) is 6.21. The monoisotopic (exact) mass is 398 g/mol. The summed E-state index contributed by atoms with van der Waals surface area (Å²) in [6.45, 7) is 11.0. The van der Waals surface area contributed by atoms with E-state index in [0.29, 0.717) is 24.0 Å². The van der Waals surface area contributed by atoms with Crippen LogP contribution in [0.4, 0.5) is 0 Å². The van der Waals surface area contributed by atoms with Crippen LogP contribution in [0.2, 0.25) is 0 Å². The first-order valence-electron chi connectivity index (χ1n) is 11.3. The molecule has 29 heavy (non-hydrogen) atoms. The Labute approximate surface area is 176 Å². The average molecular weight is 399 g/mol. The van der Waals surface area contributed by atoms with E-state index in [1.807, 2.05) is 12.1 Å². The van der Waals surface area contributed by atoms with Gasteiger partial charge in [0.05, 0.1) is 6.10 Å². The minimum atomic E-state index is -0.340. The molecule has 0 aromatic heterocycles. The molecule has 2 aliphatic rings. The Morgan fingerprint density at radius 1 is 1.24 bits per heavy atom. The van der Waals surface area contributed by atoms with Crippen LogP contribution in [0.1, 0.15) is 64.5 Å². The number of aromatic hydroxyl groups is 1. The van der Waals surface area contributed by atoms with Gasteiger partial charge in [-0.3, -0.25) is 4.79 Å². The van der Waals surface area contributed by atoms with Crippen molar-refractivity contribution < 1.29 is 15.0 Å². The van der Waals surface area contributed by atoms with Crippen molar-refractivity contribution in [1.29, 1.82) is 0 Å². The van der Waals surface area contributed by atoms with E-state index >= 15 is 0 Å². The van der Waals surface area contributed by atoms with Crippen LogP contribution in [0.5, 0.6) is 5.75 Å². The number of hydrogen-bond donors (Lipinski definition) is 2. The van der Waals surface area contributed by atoms with E-state index in [1.165, 1.54) is 0 Å². The van der Waals surface area contributed by atoms with Crippen LogP contribution < -0.4 is 0 Å². The Balaban J connectivity index is 1.80. The minimum Gasteiger partial charge on any atom is -0.508 e. The van der Waals surface area contributed by atoms with Gasteiger partial charge in [0.2, 0.25) is 0 Å². The van der Waals surface area contributed by atoms with Crippen LogP contribution >= 0.6 is 0 Å². The van der Waals surface area contributed by atoms with E-state index in [-0.39, 0.29) is 35.0 Å². The molecular formula is C26H38O3. The molecule has 0 amide bonds. The average Bonchev–Trinajstić information content (AvgIpc) is 2.92. The van der Waals surface area contributed by atoms with E-state index < -0.39 is 0 Å². The van der Waals surface area contributed by atoms with Gasteiger partial charge in [-0.2, -0.15) is 0 Å². The van der Waals surface area contributed by atoms with Crippen LogP contribution in [0.25, 0.3) is 0 Å². The molecule has 6 atom stereocenters. The van der Waals surface area contributed by atoms with Crippen LogP contribution in [0, 0.1) is 41.9 Å². The molecule has 3 nitrogen and oxygen atoms in total. The third-order valence-corrected chi connectivity index (χ3v) is 7.75. The summed E-state index contributed by atoms with van der Waals surface area (Å²) in [6, 6.07) is 5.48. The van der Waals surface area contributed by atoms with Crippen molar-refractivity contribution in [2.45, 2.75) is 72.8 Å². The molecule has 2 saturated carbocycles. The largest absolute Gasteiger partial charge is 0.508 e. The number of aliphatic hydroxyl groups excluding tert-OH is 1. The van der Waals surface area contributed by atoms with Gasteiger partial charge >= 0.3 is 0 Å². The Morgan fingerprint density at radius 3 is 2.66 bits per heavy atom.